The molecule has 124 valence electrons. The van der Waals surface area contributed by atoms with Crippen LogP contribution in [0.15, 0.2) is 18.2 Å². The molecule has 0 unspecified atom stereocenters. The second-order valence-electron chi connectivity index (χ2n) is 6.19. The van der Waals surface area contributed by atoms with Crippen LogP contribution in [0.2, 0.25) is 0 Å². The van der Waals surface area contributed by atoms with Crippen molar-refractivity contribution in [1.29, 1.82) is 0 Å². The van der Waals surface area contributed by atoms with Crippen molar-refractivity contribution in [1.82, 2.24) is 25.3 Å². The highest BCUT2D eigenvalue weighted by Gasteiger charge is 2.40. The number of aromatic amines is 1. The summed E-state index contributed by atoms with van der Waals surface area (Å²) in [4.78, 5) is 39.9. The number of nitrogens with one attached hydrogen (secondary N) is 2. The van der Waals surface area contributed by atoms with Gasteiger partial charge in [0, 0.05) is 18.5 Å². The van der Waals surface area contributed by atoms with Gasteiger partial charge in [0.05, 0.1) is 18.6 Å². The second kappa shape index (κ2) is 5.33. The van der Waals surface area contributed by atoms with E-state index in [0.717, 1.165) is 16.5 Å². The summed E-state index contributed by atoms with van der Waals surface area (Å²) in [6, 6.07) is 5.14. The topological polar surface area (TPSA) is 98.4 Å². The first-order chi connectivity index (χ1) is 11.5. The van der Waals surface area contributed by atoms with E-state index in [1.54, 1.807) is 9.80 Å². The smallest absolute Gasteiger partial charge is 0.275 e. The maximum absolute atomic E-state index is 12.9. The van der Waals surface area contributed by atoms with Crippen molar-refractivity contribution in [2.24, 2.45) is 0 Å². The Morgan fingerprint density at radius 1 is 1.29 bits per heavy atom. The number of aromatic nitrogens is 2. The number of hydrogen-bond donors (Lipinski definition) is 2. The molecule has 2 fully saturated rings. The molecule has 1 aromatic heterocycles. The SMILES string of the molecule is Cc1ccc2[nH]nc(C(=O)N3CCN4C(=O)CNC(=O)[C@@H]4C3)c2c1. The maximum atomic E-state index is 12.9. The lowest BCUT2D eigenvalue weighted by atomic mass is 10.1. The van der Waals surface area contributed by atoms with E-state index in [1.807, 2.05) is 25.1 Å². The molecule has 2 aliphatic heterocycles. The Bertz CT molecular complexity index is 859. The molecule has 4 rings (SSSR count). The van der Waals surface area contributed by atoms with Crippen LogP contribution < -0.4 is 5.32 Å². The lowest BCUT2D eigenvalue weighted by Crippen LogP contribution is -2.66. The van der Waals surface area contributed by atoms with Crippen LogP contribution in [0.25, 0.3) is 10.9 Å². The van der Waals surface area contributed by atoms with Gasteiger partial charge in [-0.1, -0.05) is 11.6 Å². The molecule has 2 saturated heterocycles. The van der Waals surface area contributed by atoms with Crippen molar-refractivity contribution in [3.63, 3.8) is 0 Å². The number of rotatable bonds is 1. The third kappa shape index (κ3) is 2.22. The molecular formula is C16H17N5O3. The average molecular weight is 327 g/mol. The second-order valence-corrected chi connectivity index (χ2v) is 6.19. The van der Waals surface area contributed by atoms with E-state index in [9.17, 15) is 14.4 Å². The van der Waals surface area contributed by atoms with Crippen LogP contribution >= 0.6 is 0 Å². The lowest BCUT2D eigenvalue weighted by Gasteiger charge is -2.42. The van der Waals surface area contributed by atoms with E-state index >= 15 is 0 Å². The predicted octanol–water partition coefficient (Wildman–Crippen LogP) is -0.346. The number of H-pyrrole nitrogens is 1. The quantitative estimate of drug-likeness (QED) is 0.748. The molecule has 2 aliphatic rings. The van der Waals surface area contributed by atoms with Gasteiger partial charge in [-0.05, 0) is 19.1 Å². The zero-order valence-corrected chi connectivity index (χ0v) is 13.2. The van der Waals surface area contributed by atoms with Gasteiger partial charge >= 0.3 is 0 Å². The van der Waals surface area contributed by atoms with Crippen molar-refractivity contribution in [3.8, 4) is 0 Å². The van der Waals surface area contributed by atoms with Crippen molar-refractivity contribution < 1.29 is 14.4 Å². The molecule has 0 aliphatic carbocycles. The highest BCUT2D eigenvalue weighted by atomic mass is 16.2. The van der Waals surface area contributed by atoms with Crippen LogP contribution in [0, 0.1) is 6.92 Å². The fraction of sp³-hybridized carbons (Fsp3) is 0.375. The minimum atomic E-state index is -0.615. The molecule has 3 amide bonds. The monoisotopic (exact) mass is 327 g/mol. The van der Waals surface area contributed by atoms with Gasteiger partial charge in [-0.15, -0.1) is 0 Å². The summed E-state index contributed by atoms with van der Waals surface area (Å²) >= 11 is 0. The molecule has 8 heteroatoms. The molecule has 0 spiro atoms. The first-order valence-electron chi connectivity index (χ1n) is 7.86. The predicted molar refractivity (Wildman–Crippen MR) is 85.2 cm³/mol. The zero-order valence-electron chi connectivity index (χ0n) is 13.2. The molecule has 2 aromatic rings. The summed E-state index contributed by atoms with van der Waals surface area (Å²) in [5.41, 5.74) is 2.19. The fourth-order valence-corrected chi connectivity index (χ4v) is 3.31. The average Bonchev–Trinajstić information content (AvgIpc) is 3.00. The van der Waals surface area contributed by atoms with Gasteiger partial charge in [-0.25, -0.2) is 0 Å². The van der Waals surface area contributed by atoms with E-state index in [4.69, 9.17) is 0 Å². The number of fused-ring (bicyclic) bond motifs is 2. The summed E-state index contributed by atoms with van der Waals surface area (Å²) in [6.07, 6.45) is 0. The van der Waals surface area contributed by atoms with Crippen LogP contribution in [-0.4, -0.2) is 69.9 Å². The van der Waals surface area contributed by atoms with Gasteiger partial charge in [0.25, 0.3) is 5.91 Å². The minimum absolute atomic E-state index is 0.0343. The number of piperazine rings is 2. The molecule has 24 heavy (non-hydrogen) atoms. The third-order valence-electron chi connectivity index (χ3n) is 4.63. The first kappa shape index (κ1) is 14.7. The van der Waals surface area contributed by atoms with Gasteiger partial charge in [0.15, 0.2) is 5.69 Å². The largest absolute Gasteiger partial charge is 0.345 e. The van der Waals surface area contributed by atoms with Crippen molar-refractivity contribution in [3.05, 3.63) is 29.5 Å². The van der Waals surface area contributed by atoms with Gasteiger partial charge in [-0.2, -0.15) is 5.10 Å². The van der Waals surface area contributed by atoms with Crippen molar-refractivity contribution in [2.75, 3.05) is 26.2 Å². The summed E-state index contributed by atoms with van der Waals surface area (Å²) in [6.45, 7) is 2.94. The summed E-state index contributed by atoms with van der Waals surface area (Å²) in [5.74, 6) is -0.542. The maximum Gasteiger partial charge on any atom is 0.275 e. The van der Waals surface area contributed by atoms with Crippen molar-refractivity contribution >= 4 is 28.6 Å². The Labute approximate surface area is 137 Å². The van der Waals surface area contributed by atoms with E-state index in [2.05, 4.69) is 15.5 Å². The number of amides is 3. The molecule has 2 N–H and O–H groups in total. The molecule has 1 aromatic carbocycles. The number of hydrogen-bond acceptors (Lipinski definition) is 4. The van der Waals surface area contributed by atoms with Crippen LogP contribution in [0.4, 0.5) is 0 Å². The Hall–Kier alpha value is -2.90. The van der Waals surface area contributed by atoms with Gasteiger partial charge in [0.1, 0.15) is 6.04 Å². The van der Waals surface area contributed by atoms with Crippen LogP contribution in [-0.2, 0) is 9.59 Å². The summed E-state index contributed by atoms with van der Waals surface area (Å²) in [7, 11) is 0. The van der Waals surface area contributed by atoms with E-state index in [0.29, 0.717) is 18.8 Å². The molecule has 0 radical (unpaired) electrons. The molecular weight excluding hydrogens is 310 g/mol. The number of benzene rings is 1. The summed E-state index contributed by atoms with van der Waals surface area (Å²) < 4.78 is 0. The zero-order chi connectivity index (χ0) is 16.8. The van der Waals surface area contributed by atoms with Gasteiger partial charge in [-0.3, -0.25) is 19.5 Å². The van der Waals surface area contributed by atoms with Crippen LogP contribution in [0.3, 0.4) is 0 Å². The Morgan fingerprint density at radius 2 is 2.12 bits per heavy atom. The first-order valence-corrected chi connectivity index (χ1v) is 7.86. The Kier molecular flexibility index (Phi) is 3.26. The van der Waals surface area contributed by atoms with Crippen LogP contribution in [0.5, 0.6) is 0 Å². The van der Waals surface area contributed by atoms with E-state index < -0.39 is 6.04 Å². The van der Waals surface area contributed by atoms with E-state index in [1.165, 1.54) is 0 Å². The Balaban J connectivity index is 1.62. The van der Waals surface area contributed by atoms with E-state index in [-0.39, 0.29) is 30.8 Å². The number of aryl methyl sites for hydroxylation is 1. The third-order valence-corrected chi connectivity index (χ3v) is 4.63. The van der Waals surface area contributed by atoms with Crippen molar-refractivity contribution in [2.45, 2.75) is 13.0 Å². The molecule has 0 saturated carbocycles. The fourth-order valence-electron chi connectivity index (χ4n) is 3.31. The Morgan fingerprint density at radius 3 is 2.96 bits per heavy atom. The van der Waals surface area contributed by atoms with Crippen LogP contribution in [0.1, 0.15) is 16.1 Å². The highest BCUT2D eigenvalue weighted by molar-refractivity contribution is 6.05. The number of carbonyl (C=O) groups is 3. The standard InChI is InChI=1S/C16H17N5O3/c1-9-2-3-11-10(6-9)14(19-18-11)16(24)20-4-5-21-12(8-20)15(23)17-7-13(21)22/h2-3,6,12H,4-5,7-8H2,1H3,(H,17,23)(H,18,19)/t12-/m0/s1. The summed E-state index contributed by atoms with van der Waals surface area (Å²) in [5, 5.41) is 10.4. The lowest BCUT2D eigenvalue weighted by molar-refractivity contribution is -0.148. The molecule has 0 bridgehead atoms. The number of nitrogens with zero attached hydrogens (tertiary/aromatic N) is 3. The highest BCUT2D eigenvalue weighted by Crippen LogP contribution is 2.21. The molecule has 3 heterocycles. The molecule has 8 nitrogen and oxygen atoms in total. The van der Waals surface area contributed by atoms with Gasteiger partial charge in [0.2, 0.25) is 11.8 Å². The van der Waals surface area contributed by atoms with Gasteiger partial charge < -0.3 is 15.1 Å². The normalized spacial score (nSPS) is 21.0. The molecule has 1 atom stereocenters. The minimum Gasteiger partial charge on any atom is -0.345 e. The number of carbonyl (C=O) groups excluding carboxylic acids is 3.